The molecule has 10 heteroatoms. The summed E-state index contributed by atoms with van der Waals surface area (Å²) in [7, 11) is 0. The zero-order valence-electron chi connectivity index (χ0n) is 18.1. The molecule has 0 aliphatic rings. The molecule has 1 aromatic rings. The molecule has 9 nitrogen and oxygen atoms in total. The van der Waals surface area contributed by atoms with Crippen LogP contribution < -0.4 is 16.5 Å². The molecule has 0 aliphatic carbocycles. The number of primary amides is 1. The molecule has 0 bridgehead atoms. The zero-order valence-corrected chi connectivity index (χ0v) is 19.7. The molecular formula is C21H31BrN4O5. The van der Waals surface area contributed by atoms with Crippen LogP contribution in [0.5, 0.6) is 0 Å². The second-order valence-electron chi connectivity index (χ2n) is 7.45. The number of carbonyl (C=O) groups excluding carboxylic acids is 4. The molecule has 0 spiro atoms. The summed E-state index contributed by atoms with van der Waals surface area (Å²) in [6.07, 6.45) is -0.0418. The maximum atomic E-state index is 12.9. The second kappa shape index (κ2) is 13.6. The first kappa shape index (κ1) is 26.4. The quantitative estimate of drug-likeness (QED) is 0.318. The van der Waals surface area contributed by atoms with Crippen LogP contribution in [0.4, 0.5) is 4.79 Å². The van der Waals surface area contributed by atoms with Gasteiger partial charge in [0, 0.05) is 6.42 Å². The number of alkyl carbamates (subject to hydrolysis) is 1. The van der Waals surface area contributed by atoms with Gasteiger partial charge in [-0.05, 0) is 24.3 Å². The fourth-order valence-electron chi connectivity index (χ4n) is 2.61. The van der Waals surface area contributed by atoms with Crippen molar-refractivity contribution in [1.29, 1.82) is 0 Å². The van der Waals surface area contributed by atoms with E-state index in [0.29, 0.717) is 12.8 Å². The van der Waals surface area contributed by atoms with Gasteiger partial charge in [0.15, 0.2) is 0 Å². The predicted octanol–water partition coefficient (Wildman–Crippen LogP) is 2.24. The van der Waals surface area contributed by atoms with Gasteiger partial charge in [0.05, 0.1) is 11.4 Å². The largest absolute Gasteiger partial charge is 0.445 e. The molecule has 0 saturated heterocycles. The van der Waals surface area contributed by atoms with Crippen LogP contribution in [-0.2, 0) is 25.7 Å². The Balaban J connectivity index is 2.81. The maximum Gasteiger partial charge on any atom is 0.408 e. The first-order valence-electron chi connectivity index (χ1n) is 10.1. The van der Waals surface area contributed by atoms with E-state index in [2.05, 4.69) is 26.7 Å². The van der Waals surface area contributed by atoms with Gasteiger partial charge in [0.25, 0.3) is 11.8 Å². The second-order valence-corrected chi connectivity index (χ2v) is 8.55. The van der Waals surface area contributed by atoms with Gasteiger partial charge < -0.3 is 15.8 Å². The summed E-state index contributed by atoms with van der Waals surface area (Å²) in [4.78, 5) is 48.3. The fraction of sp³-hybridized carbons (Fsp3) is 0.524. The van der Waals surface area contributed by atoms with Crippen molar-refractivity contribution in [2.45, 2.75) is 57.5 Å². The van der Waals surface area contributed by atoms with Gasteiger partial charge in [-0.1, -0.05) is 67.0 Å². The monoisotopic (exact) mass is 498 g/mol. The molecule has 31 heavy (non-hydrogen) atoms. The summed E-state index contributed by atoms with van der Waals surface area (Å²) in [5.74, 6) is -1.51. The molecule has 0 aliphatic heterocycles. The van der Waals surface area contributed by atoms with Crippen molar-refractivity contribution in [2.24, 2.45) is 11.7 Å². The van der Waals surface area contributed by atoms with E-state index in [0.717, 1.165) is 10.6 Å². The number of amides is 4. The Hall–Kier alpha value is -2.62. The third kappa shape index (κ3) is 10.3. The standard InChI is InChI=1S/C21H31BrN4O5/c1-4-16(22)20(29)26(11-10-18(23)27)25-19(28)17(12-14(2)3)24-21(30)31-13-15-8-6-5-7-9-15/h5-9,14,16-17H,4,10-13H2,1-3H3,(H2,23,27)(H,24,30)(H,25,28). The van der Waals surface area contributed by atoms with Crippen LogP contribution in [-0.4, -0.2) is 46.2 Å². The Morgan fingerprint density at radius 3 is 2.35 bits per heavy atom. The van der Waals surface area contributed by atoms with Crippen molar-refractivity contribution < 1.29 is 23.9 Å². The number of nitrogens with zero attached hydrogens (tertiary/aromatic N) is 1. The van der Waals surface area contributed by atoms with Crippen molar-refractivity contribution in [2.75, 3.05) is 6.54 Å². The Kier molecular flexibility index (Phi) is 11.6. The lowest BCUT2D eigenvalue weighted by Gasteiger charge is -2.28. The molecule has 172 valence electrons. The maximum absolute atomic E-state index is 12.9. The lowest BCUT2D eigenvalue weighted by molar-refractivity contribution is -0.142. The third-order valence-electron chi connectivity index (χ3n) is 4.25. The highest BCUT2D eigenvalue weighted by Gasteiger charge is 2.28. The van der Waals surface area contributed by atoms with E-state index < -0.39 is 34.7 Å². The summed E-state index contributed by atoms with van der Waals surface area (Å²) >= 11 is 3.25. The first-order chi connectivity index (χ1) is 14.6. The average Bonchev–Trinajstić information content (AvgIpc) is 2.73. The molecule has 0 aromatic heterocycles. The lowest BCUT2D eigenvalue weighted by Crippen LogP contribution is -2.56. The van der Waals surface area contributed by atoms with E-state index in [1.165, 1.54) is 0 Å². The molecule has 2 unspecified atom stereocenters. The number of benzene rings is 1. The van der Waals surface area contributed by atoms with Gasteiger partial charge >= 0.3 is 6.09 Å². The molecule has 0 radical (unpaired) electrons. The molecule has 1 aromatic carbocycles. The number of hydrazine groups is 1. The number of halogens is 1. The summed E-state index contributed by atoms with van der Waals surface area (Å²) in [6, 6.07) is 8.22. The van der Waals surface area contributed by atoms with Crippen LogP contribution in [0.3, 0.4) is 0 Å². The van der Waals surface area contributed by atoms with Crippen LogP contribution in [0.25, 0.3) is 0 Å². The summed E-state index contributed by atoms with van der Waals surface area (Å²) in [6.45, 7) is 5.59. The molecule has 0 saturated carbocycles. The molecular weight excluding hydrogens is 468 g/mol. The van der Waals surface area contributed by atoms with E-state index in [9.17, 15) is 19.2 Å². The van der Waals surface area contributed by atoms with Crippen molar-refractivity contribution in [3.63, 3.8) is 0 Å². The Labute approximate surface area is 191 Å². The molecule has 4 N–H and O–H groups in total. The van der Waals surface area contributed by atoms with Gasteiger partial charge in [0.1, 0.15) is 12.6 Å². The highest BCUT2D eigenvalue weighted by atomic mass is 79.9. The number of rotatable bonds is 11. The number of ether oxygens (including phenoxy) is 1. The number of nitrogens with one attached hydrogen (secondary N) is 2. The lowest BCUT2D eigenvalue weighted by atomic mass is 10.0. The third-order valence-corrected chi connectivity index (χ3v) is 5.29. The summed E-state index contributed by atoms with van der Waals surface area (Å²) in [5.41, 5.74) is 8.50. The Morgan fingerprint density at radius 2 is 1.81 bits per heavy atom. The van der Waals surface area contributed by atoms with E-state index in [-0.39, 0.29) is 25.5 Å². The van der Waals surface area contributed by atoms with Crippen LogP contribution in [0.2, 0.25) is 0 Å². The highest BCUT2D eigenvalue weighted by Crippen LogP contribution is 2.10. The smallest absolute Gasteiger partial charge is 0.408 e. The Bertz CT molecular complexity index is 745. The van der Waals surface area contributed by atoms with Gasteiger partial charge in [-0.2, -0.15) is 0 Å². The van der Waals surface area contributed by atoms with Crippen LogP contribution in [0.15, 0.2) is 30.3 Å². The summed E-state index contributed by atoms with van der Waals surface area (Å²) < 4.78 is 5.20. The van der Waals surface area contributed by atoms with Gasteiger partial charge in [-0.25, -0.2) is 4.79 Å². The first-order valence-corrected chi connectivity index (χ1v) is 11.1. The van der Waals surface area contributed by atoms with E-state index in [4.69, 9.17) is 10.5 Å². The number of hydrogen-bond donors (Lipinski definition) is 3. The number of hydrogen-bond acceptors (Lipinski definition) is 5. The van der Waals surface area contributed by atoms with Gasteiger partial charge in [-0.15, -0.1) is 0 Å². The average molecular weight is 499 g/mol. The number of carbonyl (C=O) groups is 4. The number of alkyl halides is 1. The van der Waals surface area contributed by atoms with Crippen LogP contribution >= 0.6 is 15.9 Å². The van der Waals surface area contributed by atoms with Crippen molar-refractivity contribution >= 4 is 39.7 Å². The molecule has 2 atom stereocenters. The molecule has 4 amide bonds. The number of nitrogens with two attached hydrogens (primary N) is 1. The van der Waals surface area contributed by atoms with Crippen molar-refractivity contribution in [1.82, 2.24) is 15.8 Å². The molecule has 1 rings (SSSR count). The predicted molar refractivity (Wildman–Crippen MR) is 120 cm³/mol. The minimum absolute atomic E-state index is 0.0632. The van der Waals surface area contributed by atoms with Crippen molar-refractivity contribution in [3.8, 4) is 0 Å². The Morgan fingerprint density at radius 1 is 1.16 bits per heavy atom. The normalized spacial score (nSPS) is 12.5. The van der Waals surface area contributed by atoms with E-state index >= 15 is 0 Å². The topological polar surface area (TPSA) is 131 Å². The van der Waals surface area contributed by atoms with Gasteiger partial charge in [-0.3, -0.25) is 24.8 Å². The van der Waals surface area contributed by atoms with Gasteiger partial charge in [0.2, 0.25) is 5.91 Å². The minimum atomic E-state index is -0.928. The summed E-state index contributed by atoms with van der Waals surface area (Å²) in [5, 5.41) is 3.61. The highest BCUT2D eigenvalue weighted by molar-refractivity contribution is 9.10. The SMILES string of the molecule is CCC(Br)C(=O)N(CCC(N)=O)NC(=O)C(CC(C)C)NC(=O)OCc1ccccc1. The van der Waals surface area contributed by atoms with Crippen LogP contribution in [0, 0.1) is 5.92 Å². The van der Waals surface area contributed by atoms with Crippen LogP contribution in [0.1, 0.15) is 45.6 Å². The van der Waals surface area contributed by atoms with E-state index in [1.807, 2.05) is 44.2 Å². The minimum Gasteiger partial charge on any atom is -0.445 e. The zero-order chi connectivity index (χ0) is 23.4. The van der Waals surface area contributed by atoms with E-state index in [1.54, 1.807) is 6.92 Å². The van der Waals surface area contributed by atoms with Crippen molar-refractivity contribution in [3.05, 3.63) is 35.9 Å². The fourth-order valence-corrected chi connectivity index (χ4v) is 2.85. The molecule has 0 heterocycles. The molecule has 0 fully saturated rings.